The number of morpholine rings is 1. The van der Waals surface area contributed by atoms with E-state index in [1.54, 1.807) is 0 Å². The predicted molar refractivity (Wildman–Crippen MR) is 98.2 cm³/mol. The maximum Gasteiger partial charge on any atom is 0.209 e. The van der Waals surface area contributed by atoms with Crippen LogP contribution in [0, 0.1) is 6.92 Å². The van der Waals surface area contributed by atoms with Gasteiger partial charge in [0, 0.05) is 32.2 Å². The topological polar surface area (TPSA) is 70.8 Å². The molecular formula is C18H30N4O2. The van der Waals surface area contributed by atoms with E-state index in [1.165, 1.54) is 5.56 Å². The van der Waals surface area contributed by atoms with Gasteiger partial charge in [0.1, 0.15) is 0 Å². The highest BCUT2D eigenvalue weighted by Crippen LogP contribution is 2.22. The van der Waals surface area contributed by atoms with Crippen LogP contribution in [0.25, 0.3) is 0 Å². The number of hydrogen-bond acceptors (Lipinski definition) is 5. The quantitative estimate of drug-likeness (QED) is 0.648. The van der Waals surface area contributed by atoms with Crippen LogP contribution in [-0.4, -0.2) is 68.7 Å². The van der Waals surface area contributed by atoms with Crippen LogP contribution >= 0.6 is 0 Å². The number of carbonyl (C=O) groups is 1. The van der Waals surface area contributed by atoms with E-state index in [4.69, 9.17) is 10.5 Å². The summed E-state index contributed by atoms with van der Waals surface area (Å²) in [5.41, 5.74) is 8.93. The maximum atomic E-state index is 10.6. The third-order valence-corrected chi connectivity index (χ3v) is 4.48. The molecule has 1 amide bonds. The molecule has 3 rings (SSSR count). The zero-order valence-electron chi connectivity index (χ0n) is 14.8. The molecule has 24 heavy (non-hydrogen) atoms. The van der Waals surface area contributed by atoms with Gasteiger partial charge in [-0.3, -0.25) is 4.79 Å². The van der Waals surface area contributed by atoms with Crippen molar-refractivity contribution in [1.82, 2.24) is 9.80 Å². The first kappa shape index (κ1) is 18.5. The summed E-state index contributed by atoms with van der Waals surface area (Å²) in [6.45, 7) is 7.70. The Morgan fingerprint density at radius 3 is 2.38 bits per heavy atom. The number of nitrogens with two attached hydrogens (primary N) is 1. The number of nitrogens with zero attached hydrogens (tertiary/aromatic N) is 2. The van der Waals surface area contributed by atoms with Gasteiger partial charge in [0.2, 0.25) is 6.41 Å². The van der Waals surface area contributed by atoms with E-state index in [1.807, 2.05) is 24.0 Å². The standard InChI is InChI=1S/C13H19N3O.C5H11NO/c1-10-2-3-13(12(14)8-10)15-11-4-6-16(9-17)7-5-11;1-6-2-4-7-5-3-6/h2-3,8-9,11,15H,4-7,14H2,1H3;2-5H2,1H3. The van der Waals surface area contributed by atoms with Gasteiger partial charge in [-0.2, -0.15) is 0 Å². The van der Waals surface area contributed by atoms with Crippen molar-refractivity contribution in [1.29, 1.82) is 0 Å². The summed E-state index contributed by atoms with van der Waals surface area (Å²) in [7, 11) is 2.11. The van der Waals surface area contributed by atoms with Crippen LogP contribution in [0.15, 0.2) is 18.2 Å². The van der Waals surface area contributed by atoms with Crippen molar-refractivity contribution < 1.29 is 9.53 Å². The van der Waals surface area contributed by atoms with E-state index >= 15 is 0 Å². The maximum absolute atomic E-state index is 10.6. The van der Waals surface area contributed by atoms with Crippen molar-refractivity contribution >= 4 is 17.8 Å². The van der Waals surface area contributed by atoms with Crippen molar-refractivity contribution in [3.63, 3.8) is 0 Å². The summed E-state index contributed by atoms with van der Waals surface area (Å²) < 4.78 is 5.10. The first-order valence-electron chi connectivity index (χ1n) is 8.67. The number of carbonyl (C=O) groups excluding carboxylic acids is 1. The molecule has 6 heteroatoms. The molecule has 0 radical (unpaired) electrons. The second-order valence-corrected chi connectivity index (χ2v) is 6.57. The lowest BCUT2D eigenvalue weighted by molar-refractivity contribution is -0.118. The average molecular weight is 334 g/mol. The molecule has 2 heterocycles. The van der Waals surface area contributed by atoms with E-state index in [0.29, 0.717) is 6.04 Å². The number of rotatable bonds is 3. The zero-order valence-corrected chi connectivity index (χ0v) is 14.8. The Morgan fingerprint density at radius 1 is 1.21 bits per heavy atom. The number of aryl methyl sites for hydroxylation is 1. The van der Waals surface area contributed by atoms with E-state index in [9.17, 15) is 4.79 Å². The number of nitrogens with one attached hydrogen (secondary N) is 1. The van der Waals surface area contributed by atoms with Gasteiger partial charge in [-0.15, -0.1) is 0 Å². The van der Waals surface area contributed by atoms with E-state index in [0.717, 1.165) is 70.0 Å². The highest BCUT2D eigenvalue weighted by molar-refractivity contribution is 5.67. The highest BCUT2D eigenvalue weighted by Gasteiger charge is 2.18. The van der Waals surface area contributed by atoms with Crippen molar-refractivity contribution in [2.45, 2.75) is 25.8 Å². The Balaban J connectivity index is 0.000000249. The van der Waals surface area contributed by atoms with Gasteiger partial charge in [-0.05, 0) is 44.5 Å². The third kappa shape index (κ3) is 6.02. The van der Waals surface area contributed by atoms with Crippen LogP contribution < -0.4 is 11.1 Å². The minimum atomic E-state index is 0.413. The summed E-state index contributed by atoms with van der Waals surface area (Å²) in [5, 5.41) is 3.45. The Bertz CT molecular complexity index is 510. The van der Waals surface area contributed by atoms with Gasteiger partial charge in [0.05, 0.1) is 24.6 Å². The SMILES string of the molecule is CN1CCOCC1.Cc1ccc(NC2CCN(C=O)CC2)c(N)c1. The fourth-order valence-electron chi connectivity index (χ4n) is 2.84. The smallest absolute Gasteiger partial charge is 0.209 e. The summed E-state index contributed by atoms with van der Waals surface area (Å²) in [5.74, 6) is 0. The molecule has 2 fully saturated rings. The molecule has 0 unspecified atom stereocenters. The lowest BCUT2D eigenvalue weighted by Crippen LogP contribution is -2.38. The molecule has 0 bridgehead atoms. The Labute approximate surface area is 144 Å². The number of likely N-dealkylation sites (N-methyl/N-ethyl adjacent to an activating group) is 1. The number of anilines is 2. The van der Waals surface area contributed by atoms with Gasteiger partial charge in [0.15, 0.2) is 0 Å². The summed E-state index contributed by atoms with van der Waals surface area (Å²) >= 11 is 0. The number of ether oxygens (including phenoxy) is 1. The molecule has 0 atom stereocenters. The van der Waals surface area contributed by atoms with E-state index in [2.05, 4.69) is 23.3 Å². The number of nitrogen functional groups attached to an aromatic ring is 1. The fourth-order valence-corrected chi connectivity index (χ4v) is 2.84. The van der Waals surface area contributed by atoms with Crippen LogP contribution in [0.1, 0.15) is 18.4 Å². The van der Waals surface area contributed by atoms with Crippen molar-refractivity contribution in [2.75, 3.05) is 57.5 Å². The molecule has 0 aromatic heterocycles. The largest absolute Gasteiger partial charge is 0.397 e. The third-order valence-electron chi connectivity index (χ3n) is 4.48. The number of benzene rings is 1. The van der Waals surface area contributed by atoms with Gasteiger partial charge in [-0.25, -0.2) is 0 Å². The number of piperidine rings is 1. The molecule has 2 aliphatic heterocycles. The van der Waals surface area contributed by atoms with Crippen LogP contribution in [0.2, 0.25) is 0 Å². The lowest BCUT2D eigenvalue weighted by atomic mass is 10.0. The summed E-state index contributed by atoms with van der Waals surface area (Å²) in [6.07, 6.45) is 2.88. The van der Waals surface area contributed by atoms with Crippen molar-refractivity contribution in [2.24, 2.45) is 0 Å². The molecule has 1 aromatic rings. The molecule has 3 N–H and O–H groups in total. The fraction of sp³-hybridized carbons (Fsp3) is 0.611. The monoisotopic (exact) mass is 334 g/mol. The first-order valence-corrected chi connectivity index (χ1v) is 8.67. The molecule has 1 aromatic carbocycles. The van der Waals surface area contributed by atoms with Crippen LogP contribution in [0.5, 0.6) is 0 Å². The number of likely N-dealkylation sites (tertiary alicyclic amines) is 1. The molecular weight excluding hydrogens is 304 g/mol. The Morgan fingerprint density at radius 2 is 1.88 bits per heavy atom. The van der Waals surface area contributed by atoms with Gasteiger partial charge < -0.3 is 25.6 Å². The van der Waals surface area contributed by atoms with Crippen LogP contribution in [-0.2, 0) is 9.53 Å². The van der Waals surface area contributed by atoms with Gasteiger partial charge >= 0.3 is 0 Å². The van der Waals surface area contributed by atoms with Crippen LogP contribution in [0.3, 0.4) is 0 Å². The minimum absolute atomic E-state index is 0.413. The number of hydrogen-bond donors (Lipinski definition) is 2. The Hall–Kier alpha value is -1.79. The minimum Gasteiger partial charge on any atom is -0.397 e. The number of amides is 1. The summed E-state index contributed by atoms with van der Waals surface area (Å²) in [4.78, 5) is 14.7. The van der Waals surface area contributed by atoms with Gasteiger partial charge in [-0.1, -0.05) is 6.07 Å². The molecule has 0 saturated carbocycles. The normalized spacial score (nSPS) is 19.3. The molecule has 2 saturated heterocycles. The predicted octanol–water partition coefficient (Wildman–Crippen LogP) is 1.56. The summed E-state index contributed by atoms with van der Waals surface area (Å²) in [6, 6.07) is 6.47. The van der Waals surface area contributed by atoms with E-state index < -0.39 is 0 Å². The van der Waals surface area contributed by atoms with E-state index in [-0.39, 0.29) is 0 Å². The Kier molecular flexibility index (Phi) is 7.34. The zero-order chi connectivity index (χ0) is 17.4. The second-order valence-electron chi connectivity index (χ2n) is 6.57. The average Bonchev–Trinajstić information content (AvgIpc) is 2.59. The van der Waals surface area contributed by atoms with Crippen molar-refractivity contribution in [3.05, 3.63) is 23.8 Å². The molecule has 0 aliphatic carbocycles. The van der Waals surface area contributed by atoms with Crippen LogP contribution in [0.4, 0.5) is 11.4 Å². The second kappa shape index (κ2) is 9.49. The molecule has 0 spiro atoms. The molecule has 6 nitrogen and oxygen atoms in total. The van der Waals surface area contributed by atoms with Crippen molar-refractivity contribution in [3.8, 4) is 0 Å². The van der Waals surface area contributed by atoms with Gasteiger partial charge in [0.25, 0.3) is 0 Å². The lowest BCUT2D eigenvalue weighted by Gasteiger charge is -2.30. The molecule has 2 aliphatic rings. The first-order chi connectivity index (χ1) is 11.6. The molecule has 134 valence electrons. The highest BCUT2D eigenvalue weighted by atomic mass is 16.5.